The maximum atomic E-state index is 5.07. The standard InChI is InChI=1S/C55H41N3/c1-55(2)48-19-11-9-17-44(48)45-31-27-42(34-49(45)55)37-23-21-36(22-24-37)41-28-32-53-47(33-41)46-18-10-12-20-52(46)58(53)43-29-25-39(26-30-43)51-35-50(38-13-5-3-6-14-38)56-54(57-51)40-15-7-4-8-16-40/h3-9,11,13-35H,10,12H2,1-2H3. The van der Waals surface area contributed by atoms with Crippen LogP contribution in [0.5, 0.6) is 0 Å². The molecule has 2 aliphatic rings. The van der Waals surface area contributed by atoms with Crippen LogP contribution in [0.2, 0.25) is 0 Å². The van der Waals surface area contributed by atoms with Crippen LogP contribution >= 0.6 is 0 Å². The molecule has 276 valence electrons. The molecule has 0 bridgehead atoms. The molecule has 0 saturated carbocycles. The Bertz CT molecular complexity index is 3100. The highest BCUT2D eigenvalue weighted by Crippen LogP contribution is 2.49. The maximum Gasteiger partial charge on any atom is 0.160 e. The summed E-state index contributed by atoms with van der Waals surface area (Å²) in [6, 6.07) is 63.5. The molecule has 3 nitrogen and oxygen atoms in total. The number of aromatic nitrogens is 3. The highest BCUT2D eigenvalue weighted by atomic mass is 15.0. The van der Waals surface area contributed by atoms with Gasteiger partial charge in [-0.2, -0.15) is 0 Å². The van der Waals surface area contributed by atoms with E-state index in [-0.39, 0.29) is 5.41 Å². The summed E-state index contributed by atoms with van der Waals surface area (Å²) in [6.07, 6.45) is 6.90. The molecule has 0 unspecified atom stereocenters. The average molecular weight is 744 g/mol. The van der Waals surface area contributed by atoms with E-state index in [4.69, 9.17) is 9.97 Å². The minimum Gasteiger partial charge on any atom is -0.310 e. The quantitative estimate of drug-likeness (QED) is 0.170. The van der Waals surface area contributed by atoms with Gasteiger partial charge in [-0.05, 0) is 93.7 Å². The van der Waals surface area contributed by atoms with Gasteiger partial charge in [0, 0.05) is 43.7 Å². The molecule has 7 aromatic carbocycles. The zero-order chi connectivity index (χ0) is 38.8. The first-order valence-electron chi connectivity index (χ1n) is 20.3. The van der Waals surface area contributed by atoms with Crippen molar-refractivity contribution in [2.45, 2.75) is 32.1 Å². The van der Waals surface area contributed by atoms with Gasteiger partial charge in [0.05, 0.1) is 16.9 Å². The zero-order valence-corrected chi connectivity index (χ0v) is 32.7. The highest BCUT2D eigenvalue weighted by molar-refractivity contribution is 5.90. The van der Waals surface area contributed by atoms with Crippen LogP contribution in [0, 0.1) is 0 Å². The summed E-state index contributed by atoms with van der Waals surface area (Å²) in [4.78, 5) is 10.1. The fourth-order valence-electron chi connectivity index (χ4n) is 9.24. The van der Waals surface area contributed by atoms with Crippen LogP contribution in [0.1, 0.15) is 37.8 Å². The summed E-state index contributed by atoms with van der Waals surface area (Å²) in [5.74, 6) is 0.723. The highest BCUT2D eigenvalue weighted by Gasteiger charge is 2.35. The Labute approximate surface area is 339 Å². The molecule has 3 heteroatoms. The van der Waals surface area contributed by atoms with Gasteiger partial charge in [0.2, 0.25) is 0 Å². The van der Waals surface area contributed by atoms with Crippen LogP contribution in [0.25, 0.3) is 96.0 Å². The van der Waals surface area contributed by atoms with E-state index in [1.807, 2.05) is 24.3 Å². The van der Waals surface area contributed by atoms with Gasteiger partial charge in [0.25, 0.3) is 0 Å². The van der Waals surface area contributed by atoms with Gasteiger partial charge >= 0.3 is 0 Å². The lowest BCUT2D eigenvalue weighted by Crippen LogP contribution is -2.30. The van der Waals surface area contributed by atoms with Crippen molar-refractivity contribution in [2.24, 2.45) is 0 Å². The van der Waals surface area contributed by atoms with E-state index in [2.05, 4.69) is 182 Å². The molecule has 0 atom stereocenters. The number of rotatable bonds is 6. The maximum absolute atomic E-state index is 5.07. The molecule has 0 fully saturated rings. The molecule has 0 amide bonds. The lowest BCUT2D eigenvalue weighted by Gasteiger charge is -2.22. The molecular formula is C55H41N3. The summed E-state index contributed by atoms with van der Waals surface area (Å²) in [6.45, 7) is 4.69. The molecule has 9 aromatic rings. The van der Waals surface area contributed by atoms with Crippen LogP contribution in [0.3, 0.4) is 0 Å². The van der Waals surface area contributed by atoms with Gasteiger partial charge in [-0.3, -0.25) is 0 Å². The third-order valence-electron chi connectivity index (χ3n) is 12.3. The normalized spacial score (nSPS) is 13.6. The Balaban J connectivity index is 0.933. The molecule has 0 spiro atoms. The number of fused-ring (bicyclic) bond motifs is 6. The number of hydrogen-bond donors (Lipinski definition) is 0. The molecule has 0 radical (unpaired) electrons. The summed E-state index contributed by atoms with van der Waals surface area (Å²) in [7, 11) is 0. The minimum atomic E-state index is -0.0146. The van der Waals surface area contributed by atoms with Gasteiger partial charge < -0.3 is 4.57 Å². The van der Waals surface area contributed by atoms with Crippen molar-refractivity contribution in [1.82, 2.24) is 14.5 Å². The summed E-state index contributed by atoms with van der Waals surface area (Å²) in [5.41, 5.74) is 17.8. The number of hydrogen-bond acceptors (Lipinski definition) is 2. The first kappa shape index (κ1) is 34.2. The van der Waals surface area contributed by atoms with Crippen molar-refractivity contribution in [3.63, 3.8) is 0 Å². The fraction of sp³-hybridized carbons (Fsp3) is 0.0909. The SMILES string of the molecule is CC1(C)c2ccccc2-c2ccc(-c3ccc(-c4ccc5c(c4)c4c(n5-c5ccc(-c6cc(-c7ccccc7)nc(-c7ccccc7)n6)cc5)=CCCC=4)cc3)cc21. The molecule has 0 saturated heterocycles. The second kappa shape index (κ2) is 13.5. The van der Waals surface area contributed by atoms with Gasteiger partial charge in [-0.15, -0.1) is 0 Å². The van der Waals surface area contributed by atoms with Crippen molar-refractivity contribution in [1.29, 1.82) is 0 Å². The van der Waals surface area contributed by atoms with Gasteiger partial charge in [-0.25, -0.2) is 9.97 Å². The molecule has 2 aromatic heterocycles. The van der Waals surface area contributed by atoms with E-state index in [9.17, 15) is 0 Å². The molecule has 11 rings (SSSR count). The minimum absolute atomic E-state index is 0.0146. The molecule has 2 aliphatic carbocycles. The van der Waals surface area contributed by atoms with Gasteiger partial charge in [0.1, 0.15) is 0 Å². The Morgan fingerprint density at radius 1 is 0.448 bits per heavy atom. The van der Waals surface area contributed by atoms with Crippen LogP contribution < -0.4 is 10.6 Å². The summed E-state index contributed by atoms with van der Waals surface area (Å²) < 4.78 is 2.43. The Morgan fingerprint density at radius 2 is 1.00 bits per heavy atom. The van der Waals surface area contributed by atoms with E-state index < -0.39 is 0 Å². The first-order valence-corrected chi connectivity index (χ1v) is 20.3. The summed E-state index contributed by atoms with van der Waals surface area (Å²) in [5, 5.41) is 3.87. The smallest absolute Gasteiger partial charge is 0.160 e. The monoisotopic (exact) mass is 743 g/mol. The van der Waals surface area contributed by atoms with Crippen LogP contribution in [-0.2, 0) is 5.41 Å². The van der Waals surface area contributed by atoms with Gasteiger partial charge in [-0.1, -0.05) is 166 Å². The molecule has 0 aliphatic heterocycles. The molecule has 0 N–H and O–H groups in total. The van der Waals surface area contributed by atoms with Crippen molar-refractivity contribution in [3.05, 3.63) is 198 Å². The number of benzene rings is 7. The van der Waals surface area contributed by atoms with Crippen molar-refractivity contribution in [3.8, 4) is 73.0 Å². The summed E-state index contributed by atoms with van der Waals surface area (Å²) >= 11 is 0. The second-order valence-electron chi connectivity index (χ2n) is 16.1. The predicted octanol–water partition coefficient (Wildman–Crippen LogP) is 12.4. The largest absolute Gasteiger partial charge is 0.310 e. The zero-order valence-electron chi connectivity index (χ0n) is 32.7. The van der Waals surface area contributed by atoms with E-state index in [0.29, 0.717) is 0 Å². The van der Waals surface area contributed by atoms with Crippen LogP contribution in [-0.4, -0.2) is 14.5 Å². The average Bonchev–Trinajstić information content (AvgIpc) is 3.74. The van der Waals surface area contributed by atoms with E-state index in [0.717, 1.165) is 52.4 Å². The third-order valence-corrected chi connectivity index (χ3v) is 12.3. The van der Waals surface area contributed by atoms with Crippen LogP contribution in [0.15, 0.2) is 176 Å². The van der Waals surface area contributed by atoms with Crippen molar-refractivity contribution < 1.29 is 0 Å². The van der Waals surface area contributed by atoms with Crippen LogP contribution in [0.4, 0.5) is 0 Å². The van der Waals surface area contributed by atoms with Crippen molar-refractivity contribution in [2.75, 3.05) is 0 Å². The lowest BCUT2D eigenvalue weighted by atomic mass is 9.81. The van der Waals surface area contributed by atoms with Crippen molar-refractivity contribution >= 4 is 23.1 Å². The molecular weight excluding hydrogens is 703 g/mol. The third kappa shape index (κ3) is 5.65. The molecule has 2 heterocycles. The lowest BCUT2D eigenvalue weighted by molar-refractivity contribution is 0.660. The van der Waals surface area contributed by atoms with Gasteiger partial charge in [0.15, 0.2) is 5.82 Å². The van der Waals surface area contributed by atoms with E-state index >= 15 is 0 Å². The topological polar surface area (TPSA) is 30.7 Å². The predicted molar refractivity (Wildman–Crippen MR) is 241 cm³/mol. The van der Waals surface area contributed by atoms with E-state index in [1.54, 1.807) is 0 Å². The van der Waals surface area contributed by atoms with E-state index in [1.165, 1.54) is 66.0 Å². The number of nitrogens with zero attached hydrogens (tertiary/aromatic N) is 3. The Hall–Kier alpha value is -7.10. The fourth-order valence-corrected chi connectivity index (χ4v) is 9.24. The second-order valence-corrected chi connectivity index (χ2v) is 16.1. The molecule has 58 heavy (non-hydrogen) atoms. The Morgan fingerprint density at radius 3 is 1.72 bits per heavy atom. The Kier molecular flexibility index (Phi) is 7.97. The first-order chi connectivity index (χ1) is 28.5.